The van der Waals surface area contributed by atoms with Crippen molar-refractivity contribution < 1.29 is 13.2 Å². The Morgan fingerprint density at radius 1 is 1.15 bits per heavy atom. The molecule has 26 heavy (non-hydrogen) atoms. The van der Waals surface area contributed by atoms with Crippen molar-refractivity contribution in [3.63, 3.8) is 0 Å². The van der Waals surface area contributed by atoms with Crippen LogP contribution in [0.4, 0.5) is 0 Å². The molecule has 1 aliphatic rings. The third-order valence-electron chi connectivity index (χ3n) is 4.77. The molecule has 0 N–H and O–H groups in total. The van der Waals surface area contributed by atoms with Crippen molar-refractivity contribution in [3.8, 4) is 0 Å². The Labute approximate surface area is 157 Å². The van der Waals surface area contributed by atoms with E-state index in [1.165, 1.54) is 15.3 Å². The van der Waals surface area contributed by atoms with Crippen molar-refractivity contribution >= 4 is 15.9 Å². The van der Waals surface area contributed by atoms with Gasteiger partial charge in [-0.2, -0.15) is 4.31 Å². The number of hydrogen-bond donors (Lipinski definition) is 0. The van der Waals surface area contributed by atoms with E-state index < -0.39 is 10.0 Å². The molecule has 1 aromatic carbocycles. The van der Waals surface area contributed by atoms with Gasteiger partial charge in [-0.1, -0.05) is 37.6 Å². The minimum absolute atomic E-state index is 0.0927. The smallest absolute Gasteiger partial charge is 0.246 e. The van der Waals surface area contributed by atoms with Gasteiger partial charge in [-0.25, -0.2) is 8.42 Å². The molecule has 1 aromatic rings. The van der Waals surface area contributed by atoms with Gasteiger partial charge in [0.05, 0.1) is 4.90 Å². The van der Waals surface area contributed by atoms with Crippen molar-refractivity contribution in [2.24, 2.45) is 5.41 Å². The maximum Gasteiger partial charge on any atom is 0.246 e. The van der Waals surface area contributed by atoms with E-state index in [-0.39, 0.29) is 11.3 Å². The molecule has 1 aliphatic heterocycles. The zero-order valence-electron chi connectivity index (χ0n) is 16.4. The summed E-state index contributed by atoms with van der Waals surface area (Å²) in [5.74, 6) is -0.0927. The fourth-order valence-electron chi connectivity index (χ4n) is 3.12. The molecule has 0 atom stereocenters. The number of nitrogens with zero attached hydrogens (tertiary/aromatic N) is 2. The molecule has 0 unspecified atom stereocenters. The summed E-state index contributed by atoms with van der Waals surface area (Å²) in [4.78, 5) is 13.6. The van der Waals surface area contributed by atoms with Crippen LogP contribution in [0.1, 0.15) is 26.3 Å². The van der Waals surface area contributed by atoms with Crippen LogP contribution in [0.25, 0.3) is 0 Å². The Hall–Kier alpha value is -1.92. The number of benzene rings is 1. The average Bonchev–Trinajstić information content (AvgIpc) is 2.88. The lowest BCUT2D eigenvalue weighted by atomic mass is 9.84. The van der Waals surface area contributed by atoms with Gasteiger partial charge in [0.1, 0.15) is 0 Å². The predicted octanol–water partition coefficient (Wildman–Crippen LogP) is 2.99. The van der Waals surface area contributed by atoms with E-state index in [0.29, 0.717) is 18.0 Å². The fourth-order valence-corrected chi connectivity index (χ4v) is 4.69. The van der Waals surface area contributed by atoms with Gasteiger partial charge >= 0.3 is 0 Å². The van der Waals surface area contributed by atoms with Gasteiger partial charge in [-0.05, 0) is 37.1 Å². The maximum atomic E-state index is 13.0. The fraction of sp³-hybridized carbons (Fsp3) is 0.450. The Bertz CT molecular complexity index is 848. The highest BCUT2D eigenvalue weighted by molar-refractivity contribution is 7.89. The largest absolute Gasteiger partial charge is 0.345 e. The average molecular weight is 377 g/mol. The predicted molar refractivity (Wildman–Crippen MR) is 104 cm³/mol. The van der Waals surface area contributed by atoms with E-state index in [9.17, 15) is 13.2 Å². The second kappa shape index (κ2) is 7.37. The molecule has 0 radical (unpaired) electrons. The third kappa shape index (κ3) is 4.24. The number of amides is 1. The zero-order chi connectivity index (χ0) is 19.7. The molecule has 0 aromatic heterocycles. The molecule has 6 heteroatoms. The van der Waals surface area contributed by atoms with Crippen molar-refractivity contribution in [1.29, 1.82) is 0 Å². The van der Waals surface area contributed by atoms with Crippen molar-refractivity contribution in [2.75, 3.05) is 27.2 Å². The Morgan fingerprint density at radius 3 is 2.27 bits per heavy atom. The number of carbonyl (C=O) groups excluding carboxylic acids is 1. The van der Waals surface area contributed by atoms with E-state index in [4.69, 9.17) is 0 Å². The number of carbonyl (C=O) groups is 1. The molecule has 142 valence electrons. The van der Waals surface area contributed by atoms with Crippen LogP contribution >= 0.6 is 0 Å². The molecule has 1 saturated heterocycles. The van der Waals surface area contributed by atoms with Crippen molar-refractivity contribution in [1.82, 2.24) is 9.21 Å². The van der Waals surface area contributed by atoms with Gasteiger partial charge in [0, 0.05) is 38.7 Å². The number of rotatable bonds is 4. The molecule has 1 amide bonds. The number of hydrogen-bond acceptors (Lipinski definition) is 3. The van der Waals surface area contributed by atoms with Gasteiger partial charge in [0.2, 0.25) is 15.9 Å². The normalized spacial score (nSPS) is 19.8. The molecule has 0 spiro atoms. The topological polar surface area (TPSA) is 57.7 Å². The first-order valence-corrected chi connectivity index (χ1v) is 10.1. The molecule has 5 nitrogen and oxygen atoms in total. The summed E-state index contributed by atoms with van der Waals surface area (Å²) in [6, 6.07) is 6.93. The molecule has 0 aliphatic carbocycles. The third-order valence-corrected chi connectivity index (χ3v) is 6.58. The van der Waals surface area contributed by atoms with Crippen molar-refractivity contribution in [3.05, 3.63) is 53.1 Å². The van der Waals surface area contributed by atoms with Crippen LogP contribution in [0, 0.1) is 12.3 Å². The Kier molecular flexibility index (Phi) is 5.78. The van der Waals surface area contributed by atoms with Crippen LogP contribution in [-0.4, -0.2) is 50.7 Å². The van der Waals surface area contributed by atoms with Gasteiger partial charge < -0.3 is 4.90 Å². The minimum Gasteiger partial charge on any atom is -0.345 e. The highest BCUT2D eigenvalue weighted by atomic mass is 32.2. The quantitative estimate of drug-likeness (QED) is 0.759. The number of sulfonamides is 1. The monoisotopic (exact) mass is 376 g/mol. The standard InChI is InChI=1S/C20H28N2O3S/c1-15-7-10-17(11-8-15)26(24,25)22-13-18(20(3,4)14-22)16(2)9-12-19(23)21(5)6/h7-12H,13-14H2,1-6H3/b12-9+,18-16-. The van der Waals surface area contributed by atoms with E-state index in [1.807, 2.05) is 39.8 Å². The van der Waals surface area contributed by atoms with Crippen LogP contribution in [0.3, 0.4) is 0 Å². The number of aryl methyl sites for hydroxylation is 1. The highest BCUT2D eigenvalue weighted by Gasteiger charge is 2.41. The zero-order valence-corrected chi connectivity index (χ0v) is 17.2. The van der Waals surface area contributed by atoms with Crippen LogP contribution in [0.5, 0.6) is 0 Å². The Morgan fingerprint density at radius 2 is 1.73 bits per heavy atom. The first kappa shape index (κ1) is 20.4. The first-order chi connectivity index (χ1) is 11.9. The summed E-state index contributed by atoms with van der Waals surface area (Å²) in [6.07, 6.45) is 3.30. The van der Waals surface area contributed by atoms with Crippen molar-refractivity contribution in [2.45, 2.75) is 32.6 Å². The second-order valence-electron chi connectivity index (χ2n) is 7.70. The molecule has 1 fully saturated rings. The lowest BCUT2D eigenvalue weighted by Crippen LogP contribution is -2.30. The van der Waals surface area contributed by atoms with E-state index >= 15 is 0 Å². The summed E-state index contributed by atoms with van der Waals surface area (Å²) >= 11 is 0. The van der Waals surface area contributed by atoms with Gasteiger partial charge in [-0.15, -0.1) is 0 Å². The molecule has 0 bridgehead atoms. The molecule has 2 rings (SSSR count). The second-order valence-corrected chi connectivity index (χ2v) is 9.64. The van der Waals surface area contributed by atoms with Crippen LogP contribution < -0.4 is 0 Å². The maximum absolute atomic E-state index is 13.0. The van der Waals surface area contributed by atoms with Gasteiger partial charge in [0.15, 0.2) is 0 Å². The van der Waals surface area contributed by atoms with Gasteiger partial charge in [-0.3, -0.25) is 4.79 Å². The van der Waals surface area contributed by atoms with Crippen LogP contribution in [-0.2, 0) is 14.8 Å². The van der Waals surface area contributed by atoms with Gasteiger partial charge in [0.25, 0.3) is 0 Å². The lowest BCUT2D eigenvalue weighted by Gasteiger charge is -2.21. The van der Waals surface area contributed by atoms with E-state index in [1.54, 1.807) is 32.3 Å². The molecular weight excluding hydrogens is 348 g/mol. The summed E-state index contributed by atoms with van der Waals surface area (Å²) in [5.41, 5.74) is 2.72. The summed E-state index contributed by atoms with van der Waals surface area (Å²) < 4.78 is 27.5. The summed E-state index contributed by atoms with van der Waals surface area (Å²) in [7, 11) is -0.140. The first-order valence-electron chi connectivity index (χ1n) is 8.61. The summed E-state index contributed by atoms with van der Waals surface area (Å²) in [5, 5.41) is 0. The number of allylic oxidation sites excluding steroid dienone is 2. The molecule has 1 heterocycles. The van der Waals surface area contributed by atoms with Crippen LogP contribution in [0.15, 0.2) is 52.5 Å². The minimum atomic E-state index is -3.54. The van der Waals surface area contributed by atoms with E-state index in [2.05, 4.69) is 0 Å². The highest BCUT2D eigenvalue weighted by Crippen LogP contribution is 2.39. The molecule has 0 saturated carbocycles. The molecular formula is C20H28N2O3S. The van der Waals surface area contributed by atoms with Crippen LogP contribution in [0.2, 0.25) is 0 Å². The van der Waals surface area contributed by atoms with E-state index in [0.717, 1.165) is 16.7 Å². The lowest BCUT2D eigenvalue weighted by molar-refractivity contribution is -0.123. The number of likely N-dealkylation sites (N-methyl/N-ethyl adjacent to an activating group) is 1. The SMILES string of the molecule is CC(/C=C/C(=O)N(C)C)=C1\CN(S(=O)(=O)c2ccc(C)cc2)CC1(C)C. The Balaban J connectivity index is 2.33. The summed E-state index contributed by atoms with van der Waals surface area (Å²) in [6.45, 7) is 8.70.